The van der Waals surface area contributed by atoms with Gasteiger partial charge in [-0.2, -0.15) is 0 Å². The monoisotopic (exact) mass is 360 g/mol. The van der Waals surface area contributed by atoms with Crippen LogP contribution in [0.1, 0.15) is 12.5 Å². The Morgan fingerprint density at radius 2 is 2.25 bits per heavy atom. The van der Waals surface area contributed by atoms with E-state index < -0.39 is 6.09 Å². The molecule has 20 heavy (non-hydrogen) atoms. The van der Waals surface area contributed by atoms with Crippen molar-refractivity contribution in [1.82, 2.24) is 0 Å². The molecule has 2 rings (SSSR count). The van der Waals surface area contributed by atoms with Crippen LogP contribution in [0.5, 0.6) is 0 Å². The number of benzene rings is 1. The summed E-state index contributed by atoms with van der Waals surface area (Å²) in [6.07, 6.45) is 0.182. The van der Waals surface area contributed by atoms with Crippen LogP contribution in [0.3, 0.4) is 0 Å². The van der Waals surface area contributed by atoms with Gasteiger partial charge in [0.05, 0.1) is 17.3 Å². The van der Waals surface area contributed by atoms with Gasteiger partial charge in [-0.1, -0.05) is 15.9 Å². The van der Waals surface area contributed by atoms with Crippen molar-refractivity contribution in [3.63, 3.8) is 0 Å². The standard InChI is InChI=1S/C13H14BrClN2O3/c1-8(18)17-4-2-9-6-10(14)7-11(12(9)17)16-13(19)20-5-3-15/h6-7H,2-5H2,1H3,(H,16,19). The summed E-state index contributed by atoms with van der Waals surface area (Å²) in [4.78, 5) is 25.0. The van der Waals surface area contributed by atoms with Gasteiger partial charge in [0.2, 0.25) is 5.91 Å². The molecule has 0 aromatic heterocycles. The Labute approximate surface area is 130 Å². The first kappa shape index (κ1) is 15.1. The Balaban J connectivity index is 2.29. The van der Waals surface area contributed by atoms with E-state index in [0.29, 0.717) is 12.2 Å². The fraction of sp³-hybridized carbons (Fsp3) is 0.385. The number of ether oxygens (including phenoxy) is 1. The number of nitrogens with zero attached hydrogens (tertiary/aromatic N) is 1. The highest BCUT2D eigenvalue weighted by molar-refractivity contribution is 9.10. The van der Waals surface area contributed by atoms with Crippen molar-refractivity contribution in [2.24, 2.45) is 0 Å². The van der Waals surface area contributed by atoms with E-state index in [0.717, 1.165) is 22.1 Å². The Morgan fingerprint density at radius 1 is 1.50 bits per heavy atom. The van der Waals surface area contributed by atoms with Gasteiger partial charge in [-0.05, 0) is 24.1 Å². The van der Waals surface area contributed by atoms with Gasteiger partial charge in [0.25, 0.3) is 0 Å². The van der Waals surface area contributed by atoms with E-state index >= 15 is 0 Å². The molecule has 1 aliphatic heterocycles. The number of carbonyl (C=O) groups excluding carboxylic acids is 2. The summed E-state index contributed by atoms with van der Waals surface area (Å²) in [7, 11) is 0. The van der Waals surface area contributed by atoms with Gasteiger partial charge >= 0.3 is 6.09 Å². The van der Waals surface area contributed by atoms with Crippen molar-refractivity contribution in [3.05, 3.63) is 22.2 Å². The van der Waals surface area contributed by atoms with Crippen LogP contribution in [0.4, 0.5) is 16.2 Å². The highest BCUT2D eigenvalue weighted by Gasteiger charge is 2.26. The van der Waals surface area contributed by atoms with Crippen LogP contribution in [0.15, 0.2) is 16.6 Å². The molecule has 1 aromatic carbocycles. The van der Waals surface area contributed by atoms with E-state index in [4.69, 9.17) is 16.3 Å². The van der Waals surface area contributed by atoms with Crippen molar-refractivity contribution < 1.29 is 14.3 Å². The normalized spacial score (nSPS) is 13.1. The molecule has 0 spiro atoms. The van der Waals surface area contributed by atoms with Crippen molar-refractivity contribution >= 4 is 50.9 Å². The first-order chi connectivity index (χ1) is 9.52. The maximum Gasteiger partial charge on any atom is 0.411 e. The number of fused-ring (bicyclic) bond motifs is 1. The number of halogens is 2. The molecular weight excluding hydrogens is 348 g/mol. The number of alkyl halides is 1. The molecule has 1 heterocycles. The maximum atomic E-state index is 11.7. The Kier molecular flexibility index (Phi) is 4.88. The highest BCUT2D eigenvalue weighted by Crippen LogP contribution is 2.38. The number of hydrogen-bond donors (Lipinski definition) is 1. The molecule has 0 aliphatic carbocycles. The lowest BCUT2D eigenvalue weighted by molar-refractivity contribution is -0.116. The number of nitrogens with one attached hydrogen (secondary N) is 1. The van der Waals surface area contributed by atoms with Crippen molar-refractivity contribution in [1.29, 1.82) is 0 Å². The third-order valence-electron chi connectivity index (χ3n) is 2.96. The van der Waals surface area contributed by atoms with Crippen molar-refractivity contribution in [2.75, 3.05) is 29.2 Å². The van der Waals surface area contributed by atoms with Crippen molar-refractivity contribution in [3.8, 4) is 0 Å². The van der Waals surface area contributed by atoms with E-state index in [1.807, 2.05) is 6.07 Å². The van der Waals surface area contributed by atoms with E-state index in [1.165, 1.54) is 6.92 Å². The molecule has 0 atom stereocenters. The largest absolute Gasteiger partial charge is 0.448 e. The topological polar surface area (TPSA) is 58.6 Å². The maximum absolute atomic E-state index is 11.7. The summed E-state index contributed by atoms with van der Waals surface area (Å²) >= 11 is 8.87. The predicted octanol–water partition coefficient (Wildman–Crippen LogP) is 3.15. The lowest BCUT2D eigenvalue weighted by atomic mass is 10.1. The van der Waals surface area contributed by atoms with E-state index in [-0.39, 0.29) is 18.4 Å². The van der Waals surface area contributed by atoms with E-state index in [2.05, 4.69) is 21.2 Å². The Bertz CT molecular complexity index is 551. The average Bonchev–Trinajstić information content (AvgIpc) is 2.80. The fourth-order valence-electron chi connectivity index (χ4n) is 2.20. The molecule has 1 N–H and O–H groups in total. The lowest BCUT2D eigenvalue weighted by Gasteiger charge is -2.19. The summed E-state index contributed by atoms with van der Waals surface area (Å²) in [5, 5.41) is 2.66. The molecule has 1 aromatic rings. The lowest BCUT2D eigenvalue weighted by Crippen LogP contribution is -2.27. The molecule has 0 fully saturated rings. The summed E-state index contributed by atoms with van der Waals surface area (Å²) in [5.74, 6) is 0.187. The van der Waals surface area contributed by atoms with Gasteiger partial charge in [0.1, 0.15) is 6.61 Å². The molecular formula is C13H14BrClN2O3. The minimum atomic E-state index is -0.582. The first-order valence-electron chi connectivity index (χ1n) is 6.13. The zero-order valence-electron chi connectivity index (χ0n) is 10.9. The van der Waals surface area contributed by atoms with Crippen LogP contribution in [0.2, 0.25) is 0 Å². The third-order valence-corrected chi connectivity index (χ3v) is 3.57. The van der Waals surface area contributed by atoms with Gasteiger partial charge in [0.15, 0.2) is 0 Å². The summed E-state index contributed by atoms with van der Waals surface area (Å²) < 4.78 is 5.73. The van der Waals surface area contributed by atoms with E-state index in [1.54, 1.807) is 11.0 Å². The average molecular weight is 362 g/mol. The van der Waals surface area contributed by atoms with Gasteiger partial charge in [-0.25, -0.2) is 4.79 Å². The summed E-state index contributed by atoms with van der Waals surface area (Å²) in [5.41, 5.74) is 2.31. The second-order valence-electron chi connectivity index (χ2n) is 4.33. The van der Waals surface area contributed by atoms with Gasteiger partial charge in [0, 0.05) is 17.9 Å². The number of amides is 2. The summed E-state index contributed by atoms with van der Waals surface area (Å²) in [6.45, 7) is 2.26. The van der Waals surface area contributed by atoms with Crippen LogP contribution < -0.4 is 10.2 Å². The number of anilines is 2. The minimum absolute atomic E-state index is 0.0525. The fourth-order valence-corrected chi connectivity index (χ4v) is 2.78. The number of rotatable bonds is 3. The second-order valence-corrected chi connectivity index (χ2v) is 5.63. The molecule has 7 heteroatoms. The van der Waals surface area contributed by atoms with Crippen LogP contribution in [-0.4, -0.2) is 31.0 Å². The zero-order chi connectivity index (χ0) is 14.7. The number of hydrogen-bond acceptors (Lipinski definition) is 3. The predicted molar refractivity (Wildman–Crippen MR) is 81.6 cm³/mol. The Hall–Kier alpha value is -1.27. The Morgan fingerprint density at radius 3 is 2.90 bits per heavy atom. The van der Waals surface area contributed by atoms with Crippen LogP contribution in [0, 0.1) is 0 Å². The zero-order valence-corrected chi connectivity index (χ0v) is 13.3. The smallest absolute Gasteiger partial charge is 0.411 e. The van der Waals surface area contributed by atoms with Crippen molar-refractivity contribution in [2.45, 2.75) is 13.3 Å². The first-order valence-corrected chi connectivity index (χ1v) is 7.46. The molecule has 0 saturated heterocycles. The van der Waals surface area contributed by atoms with Gasteiger partial charge in [-0.15, -0.1) is 11.6 Å². The van der Waals surface area contributed by atoms with Crippen LogP contribution in [0.25, 0.3) is 0 Å². The summed E-state index contributed by atoms with van der Waals surface area (Å²) in [6, 6.07) is 3.70. The molecule has 0 unspecified atom stereocenters. The van der Waals surface area contributed by atoms with Gasteiger partial charge < -0.3 is 9.64 Å². The molecule has 0 saturated carbocycles. The number of carbonyl (C=O) groups is 2. The molecule has 0 radical (unpaired) electrons. The molecule has 1 aliphatic rings. The molecule has 2 amide bonds. The molecule has 0 bridgehead atoms. The van der Waals surface area contributed by atoms with E-state index in [9.17, 15) is 9.59 Å². The van der Waals surface area contributed by atoms with Crippen LogP contribution >= 0.6 is 27.5 Å². The minimum Gasteiger partial charge on any atom is -0.448 e. The highest BCUT2D eigenvalue weighted by atomic mass is 79.9. The SMILES string of the molecule is CC(=O)N1CCc2cc(Br)cc(NC(=O)OCCCl)c21. The third kappa shape index (κ3) is 3.24. The van der Waals surface area contributed by atoms with Crippen LogP contribution in [-0.2, 0) is 16.0 Å². The molecule has 108 valence electrons. The second kappa shape index (κ2) is 6.45. The quantitative estimate of drug-likeness (QED) is 0.841. The van der Waals surface area contributed by atoms with Gasteiger partial charge in [-0.3, -0.25) is 10.1 Å². The molecule has 5 nitrogen and oxygen atoms in total.